The van der Waals surface area contributed by atoms with Gasteiger partial charge >= 0.3 is 5.97 Å². The van der Waals surface area contributed by atoms with Crippen molar-refractivity contribution in [2.45, 2.75) is 38.6 Å². The van der Waals surface area contributed by atoms with Gasteiger partial charge in [-0.05, 0) is 65.4 Å². The molecule has 3 aromatic rings. The number of anilines is 2. The van der Waals surface area contributed by atoms with Crippen molar-refractivity contribution in [2.24, 2.45) is 5.92 Å². The lowest BCUT2D eigenvalue weighted by molar-refractivity contribution is -0.131. The molecule has 1 fully saturated rings. The predicted molar refractivity (Wildman–Crippen MR) is 147 cm³/mol. The minimum Gasteiger partial charge on any atom is -0.478 e. The second-order valence-electron chi connectivity index (χ2n) is 9.50. The van der Waals surface area contributed by atoms with E-state index in [9.17, 15) is 9.59 Å². The number of carbonyl (C=O) groups excluding carboxylic acids is 1. The number of carboxylic acids is 1. The standard InChI is InChI=1S/C31H34N2O3/c1-32(2)28-18-16-26(17-19-28)25-14-11-24(12-15-25)22-33(31(36)27-8-4-3-5-9-27)29-10-6-7-23(21-29)13-20-30(34)35/h6-7,10-21,27H,3-5,8-9,22H2,1-2H3,(H,34,35)/b20-13+/i22D/t22-/m1/s1. The van der Waals surface area contributed by atoms with Gasteiger partial charge in [-0.1, -0.05) is 67.8 Å². The maximum atomic E-state index is 13.8. The fourth-order valence-electron chi connectivity index (χ4n) is 4.62. The fourth-order valence-corrected chi connectivity index (χ4v) is 4.62. The Balaban J connectivity index is 1.64. The SMILES string of the molecule is [2H][C@H](c1ccc(-c2ccc(N(C)C)cc2)cc1)N(C(=O)C1CCCCC1)c1cccc(/C=C/C(=O)O)c1. The highest BCUT2D eigenvalue weighted by Crippen LogP contribution is 2.30. The first kappa shape index (κ1) is 23.9. The molecule has 4 rings (SSSR count). The Morgan fingerprint density at radius 2 is 1.56 bits per heavy atom. The number of amides is 1. The van der Waals surface area contributed by atoms with Crippen molar-refractivity contribution in [3.63, 3.8) is 0 Å². The molecule has 186 valence electrons. The molecule has 0 aliphatic heterocycles. The van der Waals surface area contributed by atoms with E-state index in [-0.39, 0.29) is 11.8 Å². The van der Waals surface area contributed by atoms with Crippen molar-refractivity contribution in [1.82, 2.24) is 0 Å². The van der Waals surface area contributed by atoms with Crippen LogP contribution in [0.15, 0.2) is 78.9 Å². The lowest BCUT2D eigenvalue weighted by Crippen LogP contribution is -2.36. The first-order valence-corrected chi connectivity index (χ1v) is 12.5. The van der Waals surface area contributed by atoms with Gasteiger partial charge in [0, 0.05) is 37.5 Å². The van der Waals surface area contributed by atoms with Crippen LogP contribution < -0.4 is 9.80 Å². The molecule has 0 aromatic heterocycles. The average molecular weight is 484 g/mol. The van der Waals surface area contributed by atoms with E-state index in [1.54, 1.807) is 23.1 Å². The molecule has 1 aliphatic rings. The largest absolute Gasteiger partial charge is 0.478 e. The van der Waals surface area contributed by atoms with Crippen molar-refractivity contribution in [1.29, 1.82) is 0 Å². The lowest BCUT2D eigenvalue weighted by atomic mass is 9.88. The summed E-state index contributed by atoms with van der Waals surface area (Å²) in [6.07, 6.45) is 7.44. The summed E-state index contributed by atoms with van der Waals surface area (Å²) in [6.45, 7) is -0.918. The molecule has 1 amide bonds. The van der Waals surface area contributed by atoms with Gasteiger partial charge in [-0.25, -0.2) is 4.79 Å². The van der Waals surface area contributed by atoms with Gasteiger partial charge in [0.1, 0.15) is 0 Å². The zero-order valence-electron chi connectivity index (χ0n) is 21.9. The van der Waals surface area contributed by atoms with Gasteiger partial charge in [-0.15, -0.1) is 0 Å². The second kappa shape index (κ2) is 11.7. The number of hydrogen-bond donors (Lipinski definition) is 1. The van der Waals surface area contributed by atoms with Crippen LogP contribution in [0, 0.1) is 5.92 Å². The Bertz CT molecular complexity index is 1250. The predicted octanol–water partition coefficient (Wildman–Crippen LogP) is 6.63. The molecule has 1 saturated carbocycles. The molecule has 1 atom stereocenters. The normalized spacial score (nSPS) is 15.3. The van der Waals surface area contributed by atoms with Crippen LogP contribution in [0.3, 0.4) is 0 Å². The topological polar surface area (TPSA) is 60.9 Å². The molecule has 3 aromatic carbocycles. The van der Waals surface area contributed by atoms with E-state index in [0.717, 1.165) is 60.6 Å². The molecule has 0 bridgehead atoms. The molecule has 5 nitrogen and oxygen atoms in total. The Morgan fingerprint density at radius 1 is 0.917 bits per heavy atom. The number of benzene rings is 3. The van der Waals surface area contributed by atoms with Crippen molar-refractivity contribution >= 4 is 29.3 Å². The van der Waals surface area contributed by atoms with E-state index >= 15 is 0 Å². The summed E-state index contributed by atoms with van der Waals surface area (Å²) in [6, 6.07) is 23.3. The van der Waals surface area contributed by atoms with Crippen molar-refractivity contribution < 1.29 is 16.1 Å². The summed E-state index contributed by atoms with van der Waals surface area (Å²) in [5.74, 6) is -1.17. The molecule has 0 saturated heterocycles. The maximum absolute atomic E-state index is 13.8. The van der Waals surface area contributed by atoms with Gasteiger partial charge in [0.2, 0.25) is 5.91 Å². The Kier molecular flexibility index (Phi) is 7.76. The molecule has 1 aliphatic carbocycles. The van der Waals surface area contributed by atoms with Gasteiger partial charge in [-0.2, -0.15) is 0 Å². The van der Waals surface area contributed by atoms with Crippen LogP contribution in [0.5, 0.6) is 0 Å². The van der Waals surface area contributed by atoms with Crippen LogP contribution in [0.1, 0.15) is 44.6 Å². The minimum absolute atomic E-state index is 0.0394. The van der Waals surface area contributed by atoms with Crippen molar-refractivity contribution in [2.75, 3.05) is 23.9 Å². The molecule has 0 heterocycles. The molecule has 36 heavy (non-hydrogen) atoms. The second-order valence-corrected chi connectivity index (χ2v) is 9.50. The molecular weight excluding hydrogens is 448 g/mol. The summed E-state index contributed by atoms with van der Waals surface area (Å²) in [5.41, 5.74) is 5.27. The van der Waals surface area contributed by atoms with Gasteiger partial charge < -0.3 is 14.9 Å². The van der Waals surface area contributed by atoms with E-state index in [4.69, 9.17) is 6.48 Å². The van der Waals surface area contributed by atoms with Crippen molar-refractivity contribution in [3.05, 3.63) is 90.0 Å². The number of hydrogen-bond acceptors (Lipinski definition) is 3. The van der Waals surface area contributed by atoms with E-state index in [1.807, 2.05) is 44.4 Å². The summed E-state index contributed by atoms with van der Waals surface area (Å²) in [7, 11) is 4.02. The number of carbonyl (C=O) groups is 2. The molecule has 5 heteroatoms. The highest BCUT2D eigenvalue weighted by molar-refractivity contribution is 5.95. The van der Waals surface area contributed by atoms with E-state index in [2.05, 4.69) is 29.2 Å². The Hall–Kier alpha value is -3.86. The van der Waals surface area contributed by atoms with Crippen LogP contribution in [0.25, 0.3) is 17.2 Å². The van der Waals surface area contributed by atoms with Gasteiger partial charge in [0.15, 0.2) is 0 Å². The zero-order chi connectivity index (χ0) is 26.4. The Labute approximate surface area is 215 Å². The Morgan fingerprint density at radius 3 is 2.17 bits per heavy atom. The fraction of sp³-hybridized carbons (Fsp3) is 0.290. The molecule has 1 N–H and O–H groups in total. The third-order valence-corrected chi connectivity index (χ3v) is 6.66. The summed E-state index contributed by atoms with van der Waals surface area (Å²) >= 11 is 0. The summed E-state index contributed by atoms with van der Waals surface area (Å²) in [4.78, 5) is 28.4. The third-order valence-electron chi connectivity index (χ3n) is 6.66. The number of aliphatic carboxylic acids is 1. The molecule has 0 spiro atoms. The van der Waals surface area contributed by atoms with E-state index < -0.39 is 12.5 Å². The number of nitrogens with zero attached hydrogens (tertiary/aromatic N) is 2. The summed E-state index contributed by atoms with van der Waals surface area (Å²) < 4.78 is 9.14. The van der Waals surface area contributed by atoms with Crippen LogP contribution in [0.2, 0.25) is 0 Å². The highest BCUT2D eigenvalue weighted by atomic mass is 16.4. The lowest BCUT2D eigenvalue weighted by Gasteiger charge is -2.30. The molecule has 0 unspecified atom stereocenters. The van der Waals surface area contributed by atoms with E-state index in [1.165, 1.54) is 6.08 Å². The molecule has 0 radical (unpaired) electrons. The van der Waals surface area contributed by atoms with Crippen LogP contribution in [-0.2, 0) is 16.1 Å². The number of carboxylic acid groups (broad SMARTS) is 1. The average Bonchev–Trinajstić information content (AvgIpc) is 2.93. The first-order chi connectivity index (χ1) is 17.8. The molecular formula is C31H34N2O3. The number of rotatable bonds is 8. The van der Waals surface area contributed by atoms with E-state index in [0.29, 0.717) is 11.3 Å². The maximum Gasteiger partial charge on any atom is 0.328 e. The van der Waals surface area contributed by atoms with Gasteiger partial charge in [0.25, 0.3) is 0 Å². The van der Waals surface area contributed by atoms with Crippen LogP contribution in [0.4, 0.5) is 11.4 Å². The van der Waals surface area contributed by atoms with Crippen molar-refractivity contribution in [3.8, 4) is 11.1 Å². The van der Waals surface area contributed by atoms with Gasteiger partial charge in [-0.3, -0.25) is 4.79 Å². The minimum atomic E-state index is -1.03. The quantitative estimate of drug-likeness (QED) is 0.365. The zero-order valence-corrected chi connectivity index (χ0v) is 20.9. The summed E-state index contributed by atoms with van der Waals surface area (Å²) in [5, 5.41) is 9.01. The van der Waals surface area contributed by atoms with Crippen LogP contribution in [-0.4, -0.2) is 31.1 Å². The smallest absolute Gasteiger partial charge is 0.328 e. The first-order valence-electron chi connectivity index (χ1n) is 13.1. The van der Waals surface area contributed by atoms with Crippen LogP contribution >= 0.6 is 0 Å². The highest BCUT2D eigenvalue weighted by Gasteiger charge is 2.27. The van der Waals surface area contributed by atoms with Gasteiger partial charge in [0.05, 0.1) is 7.89 Å². The third kappa shape index (κ3) is 6.42. The monoisotopic (exact) mass is 483 g/mol.